The van der Waals surface area contributed by atoms with Gasteiger partial charge in [0.05, 0.1) is 16.9 Å². The average Bonchev–Trinajstić information content (AvgIpc) is 3.24. The second-order valence-electron chi connectivity index (χ2n) is 4.49. The molecule has 4 rings (SSSR count). The Hall–Kier alpha value is -1.76. The lowest BCUT2D eigenvalue weighted by Gasteiger charge is -1.99. The largest absolute Gasteiger partial charge is 0.370 e. The third-order valence-corrected chi connectivity index (χ3v) is 5.94. The summed E-state index contributed by atoms with van der Waals surface area (Å²) in [4.78, 5) is 5.75. The van der Waals surface area contributed by atoms with E-state index >= 15 is 0 Å². The zero-order chi connectivity index (χ0) is 14.1. The summed E-state index contributed by atoms with van der Waals surface area (Å²) < 4.78 is 5.83. The summed E-state index contributed by atoms with van der Waals surface area (Å²) in [5.41, 5.74) is 3.16. The molecule has 0 spiro atoms. The third kappa shape index (κ3) is 2.46. The van der Waals surface area contributed by atoms with Gasteiger partial charge in [-0.15, -0.1) is 22.7 Å². The van der Waals surface area contributed by atoms with Crippen molar-refractivity contribution >= 4 is 49.4 Å². The predicted octanol–water partition coefficient (Wildman–Crippen LogP) is 5.09. The maximum absolute atomic E-state index is 4.61. The van der Waals surface area contributed by atoms with Gasteiger partial charge in [-0.25, -0.2) is 0 Å². The van der Waals surface area contributed by atoms with Crippen molar-refractivity contribution < 1.29 is 0 Å². The number of anilines is 1. The molecule has 0 fully saturated rings. The van der Waals surface area contributed by atoms with Crippen LogP contribution in [0.3, 0.4) is 0 Å². The molecule has 0 radical (unpaired) electrons. The van der Waals surface area contributed by atoms with Gasteiger partial charge in [0.15, 0.2) is 0 Å². The molecular weight excluding hydrogens is 318 g/mol. The predicted molar refractivity (Wildman–Crippen MR) is 92.4 cm³/mol. The average molecular weight is 329 g/mol. The Morgan fingerprint density at radius 2 is 2.10 bits per heavy atom. The van der Waals surface area contributed by atoms with Crippen LogP contribution in [0, 0.1) is 0 Å². The van der Waals surface area contributed by atoms with E-state index in [2.05, 4.69) is 37.6 Å². The van der Waals surface area contributed by atoms with Crippen LogP contribution in [0.1, 0.15) is 4.88 Å². The van der Waals surface area contributed by atoms with Crippen LogP contribution in [0.5, 0.6) is 0 Å². The molecule has 0 aromatic carbocycles. The summed E-state index contributed by atoms with van der Waals surface area (Å²) in [6.45, 7) is 0.853. The van der Waals surface area contributed by atoms with E-state index in [1.54, 1.807) is 22.7 Å². The Kier molecular flexibility index (Phi) is 3.42. The van der Waals surface area contributed by atoms with Crippen LogP contribution >= 0.6 is 34.2 Å². The van der Waals surface area contributed by atoms with Crippen LogP contribution in [-0.4, -0.2) is 9.36 Å². The summed E-state index contributed by atoms with van der Waals surface area (Å²) >= 11 is 5.02. The summed E-state index contributed by atoms with van der Waals surface area (Å²) in [7, 11) is 0. The second-order valence-corrected chi connectivity index (χ2v) is 7.17. The smallest absolute Gasteiger partial charge is 0.127 e. The standard InChI is InChI=1S/C15H11N3S3/c1-2-6-16-12(5-1)11-9-20-14-13(11)18-21-15(14)17-8-10-4-3-7-19-10/h1-7,9,17H,8H2. The molecule has 4 heterocycles. The van der Waals surface area contributed by atoms with E-state index < -0.39 is 0 Å². The number of pyridine rings is 1. The molecule has 104 valence electrons. The molecule has 0 aliphatic carbocycles. The molecule has 0 aliphatic heterocycles. The van der Waals surface area contributed by atoms with Crippen molar-refractivity contribution in [1.29, 1.82) is 0 Å². The summed E-state index contributed by atoms with van der Waals surface area (Å²) in [6.07, 6.45) is 1.82. The van der Waals surface area contributed by atoms with Crippen molar-refractivity contribution in [2.75, 3.05) is 5.32 Å². The van der Waals surface area contributed by atoms with Crippen molar-refractivity contribution in [2.45, 2.75) is 6.54 Å². The van der Waals surface area contributed by atoms with Crippen molar-refractivity contribution in [3.63, 3.8) is 0 Å². The van der Waals surface area contributed by atoms with Gasteiger partial charge in [0.2, 0.25) is 0 Å². The quantitative estimate of drug-likeness (QED) is 0.566. The van der Waals surface area contributed by atoms with Gasteiger partial charge in [-0.2, -0.15) is 4.37 Å². The fourth-order valence-electron chi connectivity index (χ4n) is 2.13. The molecule has 0 saturated heterocycles. The number of hydrogen-bond donors (Lipinski definition) is 1. The minimum Gasteiger partial charge on any atom is -0.370 e. The number of nitrogens with zero attached hydrogens (tertiary/aromatic N) is 2. The van der Waals surface area contributed by atoms with E-state index in [1.165, 1.54) is 21.1 Å². The van der Waals surface area contributed by atoms with Gasteiger partial charge in [0.25, 0.3) is 0 Å². The van der Waals surface area contributed by atoms with Crippen molar-refractivity contribution in [2.24, 2.45) is 0 Å². The minimum atomic E-state index is 0.853. The number of aromatic nitrogens is 2. The van der Waals surface area contributed by atoms with Crippen LogP contribution in [-0.2, 0) is 6.54 Å². The highest BCUT2D eigenvalue weighted by Gasteiger charge is 2.14. The highest BCUT2D eigenvalue weighted by Crippen LogP contribution is 2.39. The van der Waals surface area contributed by atoms with Gasteiger partial charge in [-0.3, -0.25) is 4.98 Å². The van der Waals surface area contributed by atoms with E-state index in [4.69, 9.17) is 0 Å². The number of rotatable bonds is 4. The maximum atomic E-state index is 4.61. The van der Waals surface area contributed by atoms with Crippen LogP contribution < -0.4 is 5.32 Å². The molecule has 4 aromatic heterocycles. The number of thiophene rings is 2. The molecule has 0 unspecified atom stereocenters. The molecule has 21 heavy (non-hydrogen) atoms. The lowest BCUT2D eigenvalue weighted by molar-refractivity contribution is 1.21. The molecule has 0 aliphatic rings. The lowest BCUT2D eigenvalue weighted by Crippen LogP contribution is -1.94. The van der Waals surface area contributed by atoms with E-state index in [1.807, 2.05) is 24.4 Å². The van der Waals surface area contributed by atoms with Gasteiger partial charge >= 0.3 is 0 Å². The van der Waals surface area contributed by atoms with E-state index in [9.17, 15) is 0 Å². The van der Waals surface area contributed by atoms with Crippen LogP contribution in [0.2, 0.25) is 0 Å². The molecule has 0 saturated carbocycles. The molecule has 6 heteroatoms. The van der Waals surface area contributed by atoms with E-state index in [-0.39, 0.29) is 0 Å². The topological polar surface area (TPSA) is 37.8 Å². The molecular formula is C15H11N3S3. The molecule has 3 nitrogen and oxygen atoms in total. The maximum Gasteiger partial charge on any atom is 0.127 e. The van der Waals surface area contributed by atoms with Gasteiger partial charge < -0.3 is 5.32 Å². The fraction of sp³-hybridized carbons (Fsp3) is 0.0667. The zero-order valence-electron chi connectivity index (χ0n) is 10.9. The van der Waals surface area contributed by atoms with E-state index in [0.717, 1.165) is 28.3 Å². The van der Waals surface area contributed by atoms with Gasteiger partial charge in [-0.1, -0.05) is 12.1 Å². The zero-order valence-corrected chi connectivity index (χ0v) is 13.4. The molecule has 0 amide bonds. The second kappa shape index (κ2) is 5.55. The van der Waals surface area contributed by atoms with Crippen LogP contribution in [0.25, 0.3) is 21.5 Å². The fourth-order valence-corrected chi connectivity index (χ4v) is 4.69. The first-order chi connectivity index (χ1) is 10.4. The Labute approximate surface area is 134 Å². The summed E-state index contributed by atoms with van der Waals surface area (Å²) in [5, 5.41) is 8.88. The van der Waals surface area contributed by atoms with Crippen molar-refractivity contribution in [3.05, 3.63) is 52.2 Å². The number of fused-ring (bicyclic) bond motifs is 1. The first-order valence-electron chi connectivity index (χ1n) is 6.46. The van der Waals surface area contributed by atoms with Crippen LogP contribution in [0.4, 0.5) is 5.00 Å². The first-order valence-corrected chi connectivity index (χ1v) is 8.99. The Bertz CT molecular complexity index is 847. The highest BCUT2D eigenvalue weighted by molar-refractivity contribution is 7.23. The van der Waals surface area contributed by atoms with Gasteiger partial charge in [0.1, 0.15) is 10.5 Å². The summed E-state index contributed by atoms with van der Waals surface area (Å²) in [5.74, 6) is 0. The Morgan fingerprint density at radius 3 is 2.90 bits per heavy atom. The molecule has 4 aromatic rings. The number of hydrogen-bond acceptors (Lipinski definition) is 6. The van der Waals surface area contributed by atoms with Crippen LogP contribution in [0.15, 0.2) is 47.3 Å². The first kappa shape index (κ1) is 12.9. The molecule has 1 N–H and O–H groups in total. The van der Waals surface area contributed by atoms with E-state index in [0.29, 0.717) is 0 Å². The Morgan fingerprint density at radius 1 is 1.10 bits per heavy atom. The molecule has 0 bridgehead atoms. The SMILES string of the molecule is c1ccc(-c2csc3c(NCc4cccs4)snc23)nc1. The monoisotopic (exact) mass is 329 g/mol. The highest BCUT2D eigenvalue weighted by atomic mass is 32.1. The Balaban J connectivity index is 1.65. The van der Waals surface area contributed by atoms with Gasteiger partial charge in [0, 0.05) is 22.0 Å². The lowest BCUT2D eigenvalue weighted by atomic mass is 10.2. The number of nitrogens with one attached hydrogen (secondary N) is 1. The molecule has 0 atom stereocenters. The van der Waals surface area contributed by atoms with Crippen molar-refractivity contribution in [3.8, 4) is 11.3 Å². The third-order valence-electron chi connectivity index (χ3n) is 3.14. The summed E-state index contributed by atoms with van der Waals surface area (Å²) in [6, 6.07) is 10.2. The normalized spacial score (nSPS) is 11.0. The van der Waals surface area contributed by atoms with Gasteiger partial charge in [-0.05, 0) is 35.1 Å². The minimum absolute atomic E-state index is 0.853. The van der Waals surface area contributed by atoms with Crippen molar-refractivity contribution in [1.82, 2.24) is 9.36 Å².